The van der Waals surface area contributed by atoms with Gasteiger partial charge < -0.3 is 10.1 Å². The first-order chi connectivity index (χ1) is 9.98. The van der Waals surface area contributed by atoms with Crippen LogP contribution in [0.5, 0.6) is 11.5 Å². The predicted molar refractivity (Wildman–Crippen MR) is 84.5 cm³/mol. The molecule has 0 aliphatic carbocycles. The Morgan fingerprint density at radius 3 is 2.10 bits per heavy atom. The summed E-state index contributed by atoms with van der Waals surface area (Å²) >= 11 is 0. The van der Waals surface area contributed by atoms with Gasteiger partial charge in [-0.25, -0.2) is 8.42 Å². The summed E-state index contributed by atoms with van der Waals surface area (Å²) in [5.74, 6) is 1.56. The molecule has 5 heteroatoms. The Kier molecular flexibility index (Phi) is 4.98. The van der Waals surface area contributed by atoms with Crippen molar-refractivity contribution < 1.29 is 13.2 Å². The molecule has 0 aliphatic rings. The van der Waals surface area contributed by atoms with E-state index in [1.165, 1.54) is 6.26 Å². The number of hydrogen-bond donors (Lipinski definition) is 1. The van der Waals surface area contributed by atoms with Crippen LogP contribution in [0.15, 0.2) is 54.6 Å². The molecule has 2 aromatic rings. The van der Waals surface area contributed by atoms with Crippen LogP contribution in [0.1, 0.15) is 11.6 Å². The standard InChI is InChI=1S/C16H19NO3S/c1-17-16(12-21(2,18)19)13-8-10-15(11-9-13)20-14-6-4-3-5-7-14/h3-11,16-17H,12H2,1-2H3. The van der Waals surface area contributed by atoms with E-state index >= 15 is 0 Å². The van der Waals surface area contributed by atoms with Gasteiger partial charge in [0, 0.05) is 12.3 Å². The van der Waals surface area contributed by atoms with Crippen LogP contribution in [-0.4, -0.2) is 27.5 Å². The number of para-hydroxylation sites is 1. The molecule has 0 fully saturated rings. The molecule has 0 radical (unpaired) electrons. The first-order valence-corrected chi connectivity index (χ1v) is 8.72. The summed E-state index contributed by atoms with van der Waals surface area (Å²) in [5.41, 5.74) is 0.920. The zero-order chi connectivity index (χ0) is 15.3. The molecule has 2 rings (SSSR count). The van der Waals surface area contributed by atoms with Gasteiger partial charge in [-0.15, -0.1) is 0 Å². The second kappa shape index (κ2) is 6.74. The van der Waals surface area contributed by atoms with E-state index < -0.39 is 9.84 Å². The molecule has 0 amide bonds. The molecule has 0 saturated carbocycles. The monoisotopic (exact) mass is 305 g/mol. The van der Waals surface area contributed by atoms with Crippen molar-refractivity contribution in [1.82, 2.24) is 5.32 Å². The van der Waals surface area contributed by atoms with E-state index in [0.717, 1.165) is 17.1 Å². The lowest BCUT2D eigenvalue weighted by Crippen LogP contribution is -2.24. The lowest BCUT2D eigenvalue weighted by Gasteiger charge is -2.16. The molecular weight excluding hydrogens is 286 g/mol. The summed E-state index contributed by atoms with van der Waals surface area (Å²) in [7, 11) is -1.28. The van der Waals surface area contributed by atoms with Gasteiger partial charge in [-0.2, -0.15) is 0 Å². The van der Waals surface area contributed by atoms with E-state index in [2.05, 4.69) is 5.32 Å². The smallest absolute Gasteiger partial charge is 0.149 e. The second-order valence-corrected chi connectivity index (χ2v) is 7.10. The summed E-state index contributed by atoms with van der Waals surface area (Å²) in [6.07, 6.45) is 1.24. The molecule has 0 spiro atoms. The van der Waals surface area contributed by atoms with E-state index in [0.29, 0.717) is 0 Å². The van der Waals surface area contributed by atoms with Crippen molar-refractivity contribution in [3.63, 3.8) is 0 Å². The molecule has 0 bridgehead atoms. The fourth-order valence-electron chi connectivity index (χ4n) is 2.04. The van der Waals surface area contributed by atoms with Gasteiger partial charge in [-0.3, -0.25) is 0 Å². The van der Waals surface area contributed by atoms with E-state index in [4.69, 9.17) is 4.74 Å². The number of hydrogen-bond acceptors (Lipinski definition) is 4. The molecule has 0 aromatic heterocycles. The van der Waals surface area contributed by atoms with Gasteiger partial charge in [-0.05, 0) is 36.9 Å². The summed E-state index contributed by atoms with van der Waals surface area (Å²) < 4.78 is 28.5. The SMILES string of the molecule is CNC(CS(C)(=O)=O)c1ccc(Oc2ccccc2)cc1. The highest BCUT2D eigenvalue weighted by Crippen LogP contribution is 2.23. The van der Waals surface area contributed by atoms with Gasteiger partial charge in [-0.1, -0.05) is 30.3 Å². The maximum atomic E-state index is 11.4. The van der Waals surface area contributed by atoms with E-state index in [9.17, 15) is 8.42 Å². The van der Waals surface area contributed by atoms with Crippen molar-refractivity contribution in [2.45, 2.75) is 6.04 Å². The third kappa shape index (κ3) is 4.88. The molecule has 2 aromatic carbocycles. The number of sulfone groups is 1. The van der Waals surface area contributed by atoms with Gasteiger partial charge >= 0.3 is 0 Å². The van der Waals surface area contributed by atoms with Crippen LogP contribution in [0, 0.1) is 0 Å². The minimum Gasteiger partial charge on any atom is -0.457 e. The Morgan fingerprint density at radius 1 is 1.00 bits per heavy atom. The van der Waals surface area contributed by atoms with Crippen LogP contribution in [0.4, 0.5) is 0 Å². The number of rotatable bonds is 6. The molecule has 4 nitrogen and oxygen atoms in total. The average Bonchev–Trinajstić information content (AvgIpc) is 2.46. The Hall–Kier alpha value is -1.85. The second-order valence-electron chi connectivity index (χ2n) is 4.92. The van der Waals surface area contributed by atoms with Gasteiger partial charge in [0.1, 0.15) is 21.3 Å². The number of ether oxygens (including phenoxy) is 1. The van der Waals surface area contributed by atoms with Gasteiger partial charge in [0.15, 0.2) is 0 Å². The quantitative estimate of drug-likeness (QED) is 0.891. The highest BCUT2D eigenvalue weighted by Gasteiger charge is 2.15. The van der Waals surface area contributed by atoms with Crippen LogP contribution in [0.3, 0.4) is 0 Å². The van der Waals surface area contributed by atoms with Crippen LogP contribution in [0.25, 0.3) is 0 Å². The maximum absolute atomic E-state index is 11.4. The van der Waals surface area contributed by atoms with E-state index in [-0.39, 0.29) is 11.8 Å². The van der Waals surface area contributed by atoms with Crippen molar-refractivity contribution in [3.05, 3.63) is 60.2 Å². The van der Waals surface area contributed by atoms with Crippen LogP contribution < -0.4 is 10.1 Å². The molecular formula is C16H19NO3S. The zero-order valence-corrected chi connectivity index (χ0v) is 12.9. The fourth-order valence-corrected chi connectivity index (χ4v) is 3.01. The van der Waals surface area contributed by atoms with Crippen LogP contribution in [-0.2, 0) is 9.84 Å². The van der Waals surface area contributed by atoms with Crippen LogP contribution >= 0.6 is 0 Å². The first-order valence-electron chi connectivity index (χ1n) is 6.66. The molecule has 21 heavy (non-hydrogen) atoms. The fraction of sp³-hybridized carbons (Fsp3) is 0.250. The highest BCUT2D eigenvalue weighted by atomic mass is 32.2. The normalized spacial score (nSPS) is 12.9. The Bertz CT molecular complexity index is 666. The summed E-state index contributed by atoms with van der Waals surface area (Å²) in [6.45, 7) is 0. The molecule has 112 valence electrons. The third-order valence-electron chi connectivity index (χ3n) is 3.08. The Morgan fingerprint density at radius 2 is 1.57 bits per heavy atom. The van der Waals surface area contributed by atoms with Crippen LogP contribution in [0.2, 0.25) is 0 Å². The number of nitrogens with one attached hydrogen (secondary N) is 1. The number of benzene rings is 2. The lowest BCUT2D eigenvalue weighted by molar-refractivity contribution is 0.482. The Labute approximate surface area is 125 Å². The minimum atomic E-state index is -3.04. The third-order valence-corrected chi connectivity index (χ3v) is 4.02. The molecule has 0 saturated heterocycles. The average molecular weight is 305 g/mol. The molecule has 0 aliphatic heterocycles. The minimum absolute atomic E-state index is 0.0718. The molecule has 1 unspecified atom stereocenters. The van der Waals surface area contributed by atoms with Gasteiger partial charge in [0.25, 0.3) is 0 Å². The maximum Gasteiger partial charge on any atom is 0.149 e. The topological polar surface area (TPSA) is 55.4 Å². The van der Waals surface area contributed by atoms with Gasteiger partial charge in [0.2, 0.25) is 0 Å². The van der Waals surface area contributed by atoms with Gasteiger partial charge in [0.05, 0.1) is 5.75 Å². The summed E-state index contributed by atoms with van der Waals surface area (Å²) in [5, 5.41) is 3.02. The van der Waals surface area contributed by atoms with Crippen molar-refractivity contribution in [2.75, 3.05) is 19.1 Å². The summed E-state index contributed by atoms with van der Waals surface area (Å²) in [6, 6.07) is 16.7. The molecule has 1 atom stereocenters. The van der Waals surface area contributed by atoms with Crippen molar-refractivity contribution in [1.29, 1.82) is 0 Å². The predicted octanol–water partition coefficient (Wildman–Crippen LogP) is 2.78. The van der Waals surface area contributed by atoms with Crippen molar-refractivity contribution >= 4 is 9.84 Å². The zero-order valence-electron chi connectivity index (χ0n) is 12.1. The Balaban J connectivity index is 2.11. The largest absolute Gasteiger partial charge is 0.457 e. The lowest BCUT2D eigenvalue weighted by atomic mass is 10.1. The van der Waals surface area contributed by atoms with E-state index in [1.807, 2.05) is 54.6 Å². The van der Waals surface area contributed by atoms with E-state index in [1.54, 1.807) is 7.05 Å². The molecule has 0 heterocycles. The molecule has 1 N–H and O–H groups in total. The summed E-state index contributed by atoms with van der Waals surface area (Å²) in [4.78, 5) is 0. The van der Waals surface area contributed by atoms with Crippen molar-refractivity contribution in [2.24, 2.45) is 0 Å². The highest BCUT2D eigenvalue weighted by molar-refractivity contribution is 7.90. The first kappa shape index (κ1) is 15.5. The van der Waals surface area contributed by atoms with Crippen molar-refractivity contribution in [3.8, 4) is 11.5 Å².